The Morgan fingerprint density at radius 2 is 2.16 bits per heavy atom. The Labute approximate surface area is 123 Å². The number of carbonyl (C=O) groups is 1. The molecule has 0 aliphatic heterocycles. The van der Waals surface area contributed by atoms with Crippen LogP contribution in [0.4, 0.5) is 11.4 Å². The van der Waals surface area contributed by atoms with Gasteiger partial charge in [0.05, 0.1) is 20.9 Å². The number of rotatable bonds is 3. The summed E-state index contributed by atoms with van der Waals surface area (Å²) in [5.41, 5.74) is 2.01. The first kappa shape index (κ1) is 13.8. The molecule has 19 heavy (non-hydrogen) atoms. The summed E-state index contributed by atoms with van der Waals surface area (Å²) in [5, 5.41) is 12.7. The van der Waals surface area contributed by atoms with Crippen molar-refractivity contribution in [3.05, 3.63) is 51.2 Å². The third kappa shape index (κ3) is 3.05. The van der Waals surface area contributed by atoms with Gasteiger partial charge in [-0.05, 0) is 41.1 Å². The van der Waals surface area contributed by atoms with E-state index in [1.165, 1.54) is 6.20 Å². The van der Waals surface area contributed by atoms with Crippen LogP contribution in [0.25, 0.3) is 0 Å². The molecule has 0 aliphatic carbocycles. The molecule has 2 rings (SSSR count). The van der Waals surface area contributed by atoms with E-state index in [4.69, 9.17) is 16.7 Å². The first-order chi connectivity index (χ1) is 8.99. The maximum Gasteiger partial charge on any atom is 0.339 e. The molecule has 0 spiro atoms. The number of aromatic carboxylic acids is 1. The molecule has 6 heteroatoms. The molecule has 2 aromatic rings. The van der Waals surface area contributed by atoms with E-state index in [-0.39, 0.29) is 5.56 Å². The molecule has 98 valence electrons. The second kappa shape index (κ2) is 5.59. The number of nitrogens with one attached hydrogen (secondary N) is 1. The second-order valence-electron chi connectivity index (χ2n) is 3.90. The Hall–Kier alpha value is -1.59. The monoisotopic (exact) mass is 340 g/mol. The van der Waals surface area contributed by atoms with Gasteiger partial charge in [0.1, 0.15) is 5.56 Å². The SMILES string of the molecule is Cc1cc(Nc2cccc(Cl)c2Br)c(C(=O)O)cn1. The molecule has 1 aromatic carbocycles. The number of nitrogens with zero attached hydrogens (tertiary/aromatic N) is 1. The first-order valence-electron chi connectivity index (χ1n) is 5.40. The summed E-state index contributed by atoms with van der Waals surface area (Å²) in [6, 6.07) is 7.00. The zero-order chi connectivity index (χ0) is 14.0. The van der Waals surface area contributed by atoms with Gasteiger partial charge in [-0.25, -0.2) is 4.79 Å². The van der Waals surface area contributed by atoms with Crippen molar-refractivity contribution in [2.24, 2.45) is 0 Å². The fourth-order valence-electron chi connectivity index (χ4n) is 1.58. The van der Waals surface area contributed by atoms with E-state index in [9.17, 15) is 4.79 Å². The van der Waals surface area contributed by atoms with Crippen LogP contribution in [0.2, 0.25) is 5.02 Å². The maximum atomic E-state index is 11.2. The summed E-state index contributed by atoms with van der Waals surface area (Å²) in [4.78, 5) is 15.1. The Bertz CT molecular complexity index is 647. The summed E-state index contributed by atoms with van der Waals surface area (Å²) in [5.74, 6) is -1.03. The summed E-state index contributed by atoms with van der Waals surface area (Å²) in [6.07, 6.45) is 1.33. The summed E-state index contributed by atoms with van der Waals surface area (Å²) < 4.78 is 0.683. The average molecular weight is 342 g/mol. The molecule has 1 heterocycles. The van der Waals surface area contributed by atoms with Crippen LogP contribution in [0.1, 0.15) is 16.1 Å². The molecule has 0 fully saturated rings. The quantitative estimate of drug-likeness (QED) is 0.876. The Balaban J connectivity index is 2.45. The molecule has 0 saturated carbocycles. The number of hydrogen-bond donors (Lipinski definition) is 2. The largest absolute Gasteiger partial charge is 0.478 e. The number of pyridine rings is 1. The lowest BCUT2D eigenvalue weighted by Gasteiger charge is -2.12. The van der Waals surface area contributed by atoms with E-state index in [0.29, 0.717) is 20.9 Å². The maximum absolute atomic E-state index is 11.2. The Morgan fingerprint density at radius 1 is 1.42 bits per heavy atom. The summed E-state index contributed by atoms with van der Waals surface area (Å²) in [6.45, 7) is 1.80. The topological polar surface area (TPSA) is 62.2 Å². The van der Waals surface area contributed by atoms with Crippen molar-refractivity contribution in [2.75, 3.05) is 5.32 Å². The second-order valence-corrected chi connectivity index (χ2v) is 5.10. The first-order valence-corrected chi connectivity index (χ1v) is 6.57. The zero-order valence-corrected chi connectivity index (χ0v) is 12.3. The molecule has 2 N–H and O–H groups in total. The van der Waals surface area contributed by atoms with Crippen molar-refractivity contribution in [3.8, 4) is 0 Å². The number of carboxylic acid groups (broad SMARTS) is 1. The molecule has 0 radical (unpaired) electrons. The highest BCUT2D eigenvalue weighted by molar-refractivity contribution is 9.10. The highest BCUT2D eigenvalue weighted by Gasteiger charge is 2.12. The normalized spacial score (nSPS) is 10.3. The Morgan fingerprint density at radius 3 is 2.84 bits per heavy atom. The lowest BCUT2D eigenvalue weighted by molar-refractivity contribution is 0.0697. The van der Waals surface area contributed by atoms with Crippen LogP contribution in [0.5, 0.6) is 0 Å². The molecule has 0 saturated heterocycles. The summed E-state index contributed by atoms with van der Waals surface area (Å²) >= 11 is 9.36. The van der Waals surface area contributed by atoms with Crippen LogP contribution in [0, 0.1) is 6.92 Å². The number of anilines is 2. The molecular weight excluding hydrogens is 332 g/mol. The van der Waals surface area contributed by atoms with E-state index in [0.717, 1.165) is 5.69 Å². The van der Waals surface area contributed by atoms with Gasteiger partial charge in [-0.2, -0.15) is 0 Å². The van der Waals surface area contributed by atoms with Crippen LogP contribution in [0.15, 0.2) is 34.9 Å². The smallest absolute Gasteiger partial charge is 0.339 e. The molecule has 0 unspecified atom stereocenters. The van der Waals surface area contributed by atoms with Gasteiger partial charge in [-0.15, -0.1) is 0 Å². The van der Waals surface area contributed by atoms with Crippen LogP contribution in [-0.4, -0.2) is 16.1 Å². The standard InChI is InChI=1S/C13H10BrClN2O2/c1-7-5-11(8(6-16-7)13(18)19)17-10-4-2-3-9(15)12(10)14/h2-6H,1H3,(H,16,17)(H,18,19). The number of halogens is 2. The highest BCUT2D eigenvalue weighted by Crippen LogP contribution is 2.33. The van der Waals surface area contributed by atoms with Crippen molar-refractivity contribution in [3.63, 3.8) is 0 Å². The van der Waals surface area contributed by atoms with Gasteiger partial charge in [0.2, 0.25) is 0 Å². The number of benzene rings is 1. The van der Waals surface area contributed by atoms with Gasteiger partial charge in [0.15, 0.2) is 0 Å². The van der Waals surface area contributed by atoms with Gasteiger partial charge < -0.3 is 10.4 Å². The molecule has 0 bridgehead atoms. The molecule has 0 aliphatic rings. The van der Waals surface area contributed by atoms with Crippen LogP contribution >= 0.6 is 27.5 Å². The van der Waals surface area contributed by atoms with Crippen molar-refractivity contribution in [1.29, 1.82) is 0 Å². The Kier molecular flexibility index (Phi) is 4.07. The van der Waals surface area contributed by atoms with E-state index < -0.39 is 5.97 Å². The third-order valence-corrected chi connectivity index (χ3v) is 3.89. The fourth-order valence-corrected chi connectivity index (χ4v) is 2.12. The van der Waals surface area contributed by atoms with E-state index in [1.54, 1.807) is 31.2 Å². The molecule has 0 atom stereocenters. The number of carboxylic acids is 1. The van der Waals surface area contributed by atoms with E-state index in [1.807, 2.05) is 0 Å². The van der Waals surface area contributed by atoms with Crippen LogP contribution in [0.3, 0.4) is 0 Å². The lowest BCUT2D eigenvalue weighted by atomic mass is 10.2. The number of aromatic nitrogens is 1. The lowest BCUT2D eigenvalue weighted by Crippen LogP contribution is -2.04. The predicted molar refractivity (Wildman–Crippen MR) is 78.4 cm³/mol. The van der Waals surface area contributed by atoms with E-state index >= 15 is 0 Å². The minimum Gasteiger partial charge on any atom is -0.478 e. The third-order valence-electron chi connectivity index (χ3n) is 2.49. The number of hydrogen-bond acceptors (Lipinski definition) is 3. The molecule has 0 amide bonds. The van der Waals surface area contributed by atoms with Gasteiger partial charge in [-0.3, -0.25) is 4.98 Å². The molecular formula is C13H10BrClN2O2. The van der Waals surface area contributed by atoms with Crippen molar-refractivity contribution >= 4 is 44.9 Å². The van der Waals surface area contributed by atoms with Crippen molar-refractivity contribution < 1.29 is 9.90 Å². The van der Waals surface area contributed by atoms with E-state index in [2.05, 4.69) is 26.2 Å². The van der Waals surface area contributed by atoms with Crippen LogP contribution < -0.4 is 5.32 Å². The average Bonchev–Trinajstić information content (AvgIpc) is 2.35. The van der Waals surface area contributed by atoms with Gasteiger partial charge in [-0.1, -0.05) is 17.7 Å². The minimum absolute atomic E-state index is 0.109. The number of aryl methyl sites for hydroxylation is 1. The van der Waals surface area contributed by atoms with Crippen LogP contribution in [-0.2, 0) is 0 Å². The van der Waals surface area contributed by atoms with Gasteiger partial charge in [0, 0.05) is 11.9 Å². The van der Waals surface area contributed by atoms with Gasteiger partial charge >= 0.3 is 5.97 Å². The van der Waals surface area contributed by atoms with Crippen molar-refractivity contribution in [1.82, 2.24) is 4.98 Å². The highest BCUT2D eigenvalue weighted by atomic mass is 79.9. The van der Waals surface area contributed by atoms with Gasteiger partial charge in [0.25, 0.3) is 0 Å². The fraction of sp³-hybridized carbons (Fsp3) is 0.0769. The molecule has 1 aromatic heterocycles. The predicted octanol–water partition coefficient (Wildman–Crippen LogP) is 4.25. The van der Waals surface area contributed by atoms with Crippen molar-refractivity contribution in [2.45, 2.75) is 6.92 Å². The molecule has 4 nitrogen and oxygen atoms in total. The summed E-state index contributed by atoms with van der Waals surface area (Å²) in [7, 11) is 0. The minimum atomic E-state index is -1.03. The zero-order valence-electron chi connectivity index (χ0n) is 9.95.